The van der Waals surface area contributed by atoms with Gasteiger partial charge in [0.2, 0.25) is 0 Å². The van der Waals surface area contributed by atoms with Gasteiger partial charge in [-0.2, -0.15) is 0 Å². The van der Waals surface area contributed by atoms with Crippen LogP contribution in [0.1, 0.15) is 46.0 Å². The first-order valence-electron chi connectivity index (χ1n) is 4.13. The third kappa shape index (κ3) is 5.27. The SMILES string of the molecule is CCCC/C(=C\I)CCC. The molecule has 0 spiro atoms. The highest BCUT2D eigenvalue weighted by atomic mass is 127. The van der Waals surface area contributed by atoms with Crippen LogP contribution in [0.5, 0.6) is 0 Å². The lowest BCUT2D eigenvalue weighted by molar-refractivity contribution is 0.745. The molecule has 0 aliphatic rings. The van der Waals surface area contributed by atoms with E-state index in [1.165, 1.54) is 32.1 Å². The van der Waals surface area contributed by atoms with Gasteiger partial charge in [-0.05, 0) is 23.3 Å². The molecule has 0 rings (SSSR count). The van der Waals surface area contributed by atoms with Crippen molar-refractivity contribution in [3.63, 3.8) is 0 Å². The molecule has 0 N–H and O–H groups in total. The molecule has 0 aliphatic heterocycles. The Balaban J connectivity index is 3.41. The average Bonchev–Trinajstić information content (AvgIpc) is 1.98. The van der Waals surface area contributed by atoms with Crippen LogP contribution in [0.3, 0.4) is 0 Å². The summed E-state index contributed by atoms with van der Waals surface area (Å²) in [6.07, 6.45) is 6.57. The molecule has 0 amide bonds. The minimum Gasteiger partial charge on any atom is -0.0654 e. The van der Waals surface area contributed by atoms with E-state index >= 15 is 0 Å². The average molecular weight is 252 g/mol. The topological polar surface area (TPSA) is 0 Å². The highest BCUT2D eigenvalue weighted by Gasteiger charge is 1.93. The van der Waals surface area contributed by atoms with Gasteiger partial charge in [-0.25, -0.2) is 0 Å². The smallest absolute Gasteiger partial charge is 0.0242 e. The molecule has 1 heteroatoms. The molecule has 0 aromatic heterocycles. The van der Waals surface area contributed by atoms with Crippen LogP contribution >= 0.6 is 22.6 Å². The largest absolute Gasteiger partial charge is 0.0654 e. The van der Waals surface area contributed by atoms with Gasteiger partial charge in [0.1, 0.15) is 0 Å². The third-order valence-corrected chi connectivity index (χ3v) is 2.46. The first-order valence-corrected chi connectivity index (χ1v) is 5.37. The maximum Gasteiger partial charge on any atom is -0.0242 e. The van der Waals surface area contributed by atoms with Crippen molar-refractivity contribution in [2.24, 2.45) is 0 Å². The maximum absolute atomic E-state index is 2.35. The standard InChI is InChI=1S/C9H17I/c1-3-5-7-9(8-10)6-4-2/h8H,3-7H2,1-2H3/b9-8-. The van der Waals surface area contributed by atoms with E-state index in [1.807, 2.05) is 0 Å². The Morgan fingerprint density at radius 1 is 1.20 bits per heavy atom. The van der Waals surface area contributed by atoms with Crippen LogP contribution in [0.25, 0.3) is 0 Å². The predicted molar refractivity (Wildman–Crippen MR) is 56.5 cm³/mol. The van der Waals surface area contributed by atoms with Crippen molar-refractivity contribution in [2.75, 3.05) is 0 Å². The number of allylic oxidation sites excluding steroid dienone is 1. The Kier molecular flexibility index (Phi) is 7.93. The molecule has 0 heterocycles. The van der Waals surface area contributed by atoms with Crippen molar-refractivity contribution < 1.29 is 0 Å². The van der Waals surface area contributed by atoms with E-state index in [-0.39, 0.29) is 0 Å². The second-order valence-electron chi connectivity index (χ2n) is 2.62. The highest BCUT2D eigenvalue weighted by Crippen LogP contribution is 2.14. The van der Waals surface area contributed by atoms with Crippen molar-refractivity contribution >= 4 is 22.6 Å². The summed E-state index contributed by atoms with van der Waals surface area (Å²) in [5.41, 5.74) is 1.63. The zero-order valence-electron chi connectivity index (χ0n) is 6.99. The lowest BCUT2D eigenvalue weighted by atomic mass is 10.1. The molecule has 0 aromatic carbocycles. The Morgan fingerprint density at radius 3 is 2.30 bits per heavy atom. The monoisotopic (exact) mass is 252 g/mol. The summed E-state index contributed by atoms with van der Waals surface area (Å²) in [5, 5.41) is 0. The summed E-state index contributed by atoms with van der Waals surface area (Å²) in [5.74, 6) is 0. The van der Waals surface area contributed by atoms with E-state index in [2.05, 4.69) is 40.5 Å². The Morgan fingerprint density at radius 2 is 1.90 bits per heavy atom. The van der Waals surface area contributed by atoms with Gasteiger partial charge < -0.3 is 0 Å². The lowest BCUT2D eigenvalue weighted by Gasteiger charge is -2.01. The van der Waals surface area contributed by atoms with Gasteiger partial charge in [0.15, 0.2) is 0 Å². The second kappa shape index (κ2) is 7.58. The number of hydrogen-bond donors (Lipinski definition) is 0. The van der Waals surface area contributed by atoms with Crippen molar-refractivity contribution in [2.45, 2.75) is 46.0 Å². The van der Waals surface area contributed by atoms with Crippen LogP contribution in [0.4, 0.5) is 0 Å². The fourth-order valence-corrected chi connectivity index (χ4v) is 1.58. The quantitative estimate of drug-likeness (QED) is 0.640. The zero-order chi connectivity index (χ0) is 7.82. The predicted octanol–water partition coefficient (Wildman–Crippen LogP) is 4.30. The maximum atomic E-state index is 2.35. The molecule has 60 valence electrons. The Bertz CT molecular complexity index is 94.9. The molecule has 0 unspecified atom stereocenters. The Labute approximate surface area is 78.2 Å². The van der Waals surface area contributed by atoms with Crippen molar-refractivity contribution in [1.82, 2.24) is 0 Å². The molecule has 0 radical (unpaired) electrons. The first kappa shape index (κ1) is 10.5. The van der Waals surface area contributed by atoms with E-state index in [4.69, 9.17) is 0 Å². The van der Waals surface area contributed by atoms with Gasteiger partial charge >= 0.3 is 0 Å². The van der Waals surface area contributed by atoms with Crippen LogP contribution < -0.4 is 0 Å². The fraction of sp³-hybridized carbons (Fsp3) is 0.778. The van der Waals surface area contributed by atoms with Gasteiger partial charge in [0, 0.05) is 0 Å². The highest BCUT2D eigenvalue weighted by molar-refractivity contribution is 14.1. The molecule has 0 saturated heterocycles. The second-order valence-corrected chi connectivity index (χ2v) is 3.24. The van der Waals surface area contributed by atoms with E-state index in [1.54, 1.807) is 5.57 Å². The van der Waals surface area contributed by atoms with Crippen molar-refractivity contribution in [3.8, 4) is 0 Å². The van der Waals surface area contributed by atoms with Crippen LogP contribution in [-0.4, -0.2) is 0 Å². The van der Waals surface area contributed by atoms with Crippen molar-refractivity contribution in [3.05, 3.63) is 9.66 Å². The minimum absolute atomic E-state index is 1.29. The van der Waals surface area contributed by atoms with Gasteiger partial charge in [0.25, 0.3) is 0 Å². The molecule has 10 heavy (non-hydrogen) atoms. The first-order chi connectivity index (χ1) is 4.85. The normalized spacial score (nSPS) is 12.1. The van der Waals surface area contributed by atoms with Crippen molar-refractivity contribution in [1.29, 1.82) is 0 Å². The molecular formula is C9H17I. The van der Waals surface area contributed by atoms with Crippen LogP contribution in [0.15, 0.2) is 9.66 Å². The van der Waals surface area contributed by atoms with E-state index < -0.39 is 0 Å². The molecule has 0 bridgehead atoms. The lowest BCUT2D eigenvalue weighted by Crippen LogP contribution is -1.81. The summed E-state index contributed by atoms with van der Waals surface area (Å²) in [6, 6.07) is 0. The summed E-state index contributed by atoms with van der Waals surface area (Å²) in [4.78, 5) is 0. The summed E-state index contributed by atoms with van der Waals surface area (Å²) in [6.45, 7) is 4.49. The van der Waals surface area contributed by atoms with Gasteiger partial charge in [-0.15, -0.1) is 0 Å². The minimum atomic E-state index is 1.29. The van der Waals surface area contributed by atoms with Gasteiger partial charge in [0.05, 0.1) is 0 Å². The Hall–Kier alpha value is 0.470. The van der Waals surface area contributed by atoms with Gasteiger partial charge in [-0.1, -0.05) is 54.9 Å². The van der Waals surface area contributed by atoms with E-state index in [0.29, 0.717) is 0 Å². The molecular weight excluding hydrogens is 235 g/mol. The zero-order valence-corrected chi connectivity index (χ0v) is 9.15. The molecule has 0 aliphatic carbocycles. The summed E-state index contributed by atoms with van der Waals surface area (Å²) in [7, 11) is 0. The third-order valence-electron chi connectivity index (χ3n) is 1.58. The number of rotatable bonds is 5. The molecule has 0 nitrogen and oxygen atoms in total. The van der Waals surface area contributed by atoms with Crippen LogP contribution in [0.2, 0.25) is 0 Å². The molecule has 0 atom stereocenters. The number of hydrogen-bond acceptors (Lipinski definition) is 0. The van der Waals surface area contributed by atoms with Crippen LogP contribution in [0, 0.1) is 0 Å². The van der Waals surface area contributed by atoms with E-state index in [9.17, 15) is 0 Å². The summed E-state index contributed by atoms with van der Waals surface area (Å²) >= 11 is 2.35. The number of unbranched alkanes of at least 4 members (excludes halogenated alkanes) is 1. The van der Waals surface area contributed by atoms with E-state index in [0.717, 1.165) is 0 Å². The molecule has 0 saturated carbocycles. The molecule has 0 fully saturated rings. The summed E-state index contributed by atoms with van der Waals surface area (Å²) < 4.78 is 2.25. The van der Waals surface area contributed by atoms with Crippen LogP contribution in [-0.2, 0) is 0 Å². The fourth-order valence-electron chi connectivity index (χ4n) is 0.959. The van der Waals surface area contributed by atoms with Gasteiger partial charge in [-0.3, -0.25) is 0 Å². The number of halogens is 1. The molecule has 0 aromatic rings.